The Morgan fingerprint density at radius 2 is 2.21 bits per heavy atom. The number of sulfonamides is 1. The second-order valence-corrected chi connectivity index (χ2v) is 8.82. The van der Waals surface area contributed by atoms with Crippen molar-refractivity contribution in [2.24, 2.45) is 0 Å². The standard InChI is InChI=1S/C15H21N3O5S/c1-14(2,3)23-13(19)18-7-5-15(10-18)9-17-24(20,21)12-8-16-6-4-11(12)22-15/h4,6,8,17H,5,7,9-10H2,1-3H3. The topological polar surface area (TPSA) is 97.8 Å². The van der Waals surface area contributed by atoms with Gasteiger partial charge in [0.25, 0.3) is 0 Å². The first-order valence-corrected chi connectivity index (χ1v) is 9.19. The van der Waals surface area contributed by atoms with Crippen molar-refractivity contribution >= 4 is 16.1 Å². The zero-order chi connectivity index (χ0) is 17.6. The van der Waals surface area contributed by atoms with Gasteiger partial charge >= 0.3 is 6.09 Å². The maximum Gasteiger partial charge on any atom is 0.410 e. The molecule has 1 N–H and O–H groups in total. The van der Waals surface area contributed by atoms with Gasteiger partial charge in [0.2, 0.25) is 10.0 Å². The third kappa shape index (κ3) is 3.32. The number of likely N-dealkylation sites (tertiary alicyclic amines) is 1. The van der Waals surface area contributed by atoms with Crippen molar-refractivity contribution in [2.75, 3.05) is 19.6 Å². The number of ether oxygens (including phenoxy) is 2. The Balaban J connectivity index is 1.83. The van der Waals surface area contributed by atoms with Crippen LogP contribution < -0.4 is 9.46 Å². The van der Waals surface area contributed by atoms with Crippen molar-refractivity contribution < 1.29 is 22.7 Å². The summed E-state index contributed by atoms with van der Waals surface area (Å²) in [7, 11) is -3.68. The van der Waals surface area contributed by atoms with Crippen molar-refractivity contribution in [3.05, 3.63) is 18.5 Å². The van der Waals surface area contributed by atoms with E-state index in [4.69, 9.17) is 9.47 Å². The minimum absolute atomic E-state index is 0.0117. The van der Waals surface area contributed by atoms with E-state index in [0.29, 0.717) is 13.0 Å². The SMILES string of the molecule is CC(C)(C)OC(=O)N1CCC2(CNS(=O)(=O)c3cnccc3O2)C1. The van der Waals surface area contributed by atoms with E-state index in [-0.39, 0.29) is 23.7 Å². The van der Waals surface area contributed by atoms with Gasteiger partial charge in [-0.25, -0.2) is 17.9 Å². The fourth-order valence-electron chi connectivity index (χ4n) is 2.78. The molecule has 1 amide bonds. The Morgan fingerprint density at radius 1 is 1.46 bits per heavy atom. The van der Waals surface area contributed by atoms with Gasteiger partial charge in [0, 0.05) is 19.2 Å². The van der Waals surface area contributed by atoms with Crippen LogP contribution in [0.4, 0.5) is 4.79 Å². The van der Waals surface area contributed by atoms with E-state index < -0.39 is 27.3 Å². The number of fused-ring (bicyclic) bond motifs is 1. The molecule has 1 aromatic heterocycles. The third-order valence-electron chi connectivity index (χ3n) is 3.92. The van der Waals surface area contributed by atoms with Crippen LogP contribution in [0, 0.1) is 0 Å². The Hall–Kier alpha value is -1.87. The molecule has 0 bridgehead atoms. The van der Waals surface area contributed by atoms with Crippen molar-refractivity contribution in [1.82, 2.24) is 14.6 Å². The lowest BCUT2D eigenvalue weighted by atomic mass is 10.0. The molecule has 8 nitrogen and oxygen atoms in total. The normalized spacial score (nSPS) is 25.7. The molecule has 3 rings (SSSR count). The number of rotatable bonds is 0. The van der Waals surface area contributed by atoms with Crippen molar-refractivity contribution in [1.29, 1.82) is 0 Å². The smallest absolute Gasteiger partial charge is 0.410 e. The van der Waals surface area contributed by atoms with Crippen LogP contribution in [0.2, 0.25) is 0 Å². The number of hydrogen-bond acceptors (Lipinski definition) is 6. The lowest BCUT2D eigenvalue weighted by molar-refractivity contribution is 0.0215. The van der Waals surface area contributed by atoms with E-state index in [9.17, 15) is 13.2 Å². The number of pyridine rings is 1. The predicted molar refractivity (Wildman–Crippen MR) is 85.2 cm³/mol. The van der Waals surface area contributed by atoms with Crippen LogP contribution in [-0.2, 0) is 14.8 Å². The molecule has 1 unspecified atom stereocenters. The summed E-state index contributed by atoms with van der Waals surface area (Å²) in [5.41, 5.74) is -1.40. The summed E-state index contributed by atoms with van der Waals surface area (Å²) in [6.45, 7) is 6.19. The van der Waals surface area contributed by atoms with Gasteiger partial charge in [-0.2, -0.15) is 0 Å². The molecule has 1 aromatic rings. The number of aromatic nitrogens is 1. The quantitative estimate of drug-likeness (QED) is 0.749. The summed E-state index contributed by atoms with van der Waals surface area (Å²) < 4.78 is 38.5. The number of amides is 1. The molecule has 2 aliphatic rings. The molecule has 0 aliphatic carbocycles. The molecular weight excluding hydrogens is 334 g/mol. The molecule has 2 aliphatic heterocycles. The number of nitrogens with one attached hydrogen (secondary N) is 1. The zero-order valence-corrected chi connectivity index (χ0v) is 14.7. The fourth-order valence-corrected chi connectivity index (χ4v) is 3.96. The third-order valence-corrected chi connectivity index (χ3v) is 5.33. The van der Waals surface area contributed by atoms with Gasteiger partial charge in [0.15, 0.2) is 0 Å². The van der Waals surface area contributed by atoms with E-state index in [0.717, 1.165) is 0 Å². The van der Waals surface area contributed by atoms with Gasteiger partial charge in [-0.1, -0.05) is 0 Å². The first kappa shape index (κ1) is 17.0. The Morgan fingerprint density at radius 3 is 2.92 bits per heavy atom. The molecule has 1 atom stereocenters. The Labute approximate surface area is 141 Å². The summed E-state index contributed by atoms with van der Waals surface area (Å²) in [5, 5.41) is 0. The largest absolute Gasteiger partial charge is 0.482 e. The molecule has 1 saturated heterocycles. The highest BCUT2D eigenvalue weighted by Crippen LogP contribution is 2.34. The van der Waals surface area contributed by atoms with Crippen LogP contribution >= 0.6 is 0 Å². The van der Waals surface area contributed by atoms with Crippen molar-refractivity contribution in [3.63, 3.8) is 0 Å². The molecule has 132 valence electrons. The second-order valence-electron chi connectivity index (χ2n) is 7.08. The lowest BCUT2D eigenvalue weighted by Crippen LogP contribution is -2.48. The molecule has 0 radical (unpaired) electrons. The van der Waals surface area contributed by atoms with Crippen LogP contribution in [0.1, 0.15) is 27.2 Å². The summed E-state index contributed by atoms with van der Waals surface area (Å²) in [5.74, 6) is 0.251. The molecular formula is C15H21N3O5S. The molecule has 1 spiro atoms. The molecule has 9 heteroatoms. The molecule has 0 aromatic carbocycles. The van der Waals surface area contributed by atoms with E-state index in [1.165, 1.54) is 18.5 Å². The van der Waals surface area contributed by atoms with Gasteiger partial charge in [-0.3, -0.25) is 4.98 Å². The first-order valence-electron chi connectivity index (χ1n) is 7.71. The monoisotopic (exact) mass is 355 g/mol. The highest BCUT2D eigenvalue weighted by atomic mass is 32.2. The highest BCUT2D eigenvalue weighted by Gasteiger charge is 2.46. The molecule has 1 fully saturated rings. The number of carbonyl (C=O) groups is 1. The lowest BCUT2D eigenvalue weighted by Gasteiger charge is -2.29. The molecule has 0 saturated carbocycles. The summed E-state index contributed by atoms with van der Waals surface area (Å²) in [6, 6.07) is 1.53. The van der Waals surface area contributed by atoms with E-state index in [1.807, 2.05) is 0 Å². The number of carbonyl (C=O) groups excluding carboxylic acids is 1. The summed E-state index contributed by atoms with van der Waals surface area (Å²) in [4.78, 5) is 17.7. The minimum Gasteiger partial charge on any atom is -0.482 e. The number of nitrogens with zero attached hydrogens (tertiary/aromatic N) is 2. The maximum absolute atomic E-state index is 12.3. The minimum atomic E-state index is -3.68. The Bertz CT molecular complexity index is 759. The van der Waals surface area contributed by atoms with Crippen LogP contribution in [-0.4, -0.2) is 55.2 Å². The number of hydrogen-bond donors (Lipinski definition) is 1. The first-order chi connectivity index (χ1) is 11.1. The Kier molecular flexibility index (Phi) is 3.95. The van der Waals surface area contributed by atoms with Crippen LogP contribution in [0.3, 0.4) is 0 Å². The van der Waals surface area contributed by atoms with Crippen LogP contribution in [0.5, 0.6) is 5.75 Å². The molecule has 24 heavy (non-hydrogen) atoms. The van der Waals surface area contributed by atoms with E-state index >= 15 is 0 Å². The van der Waals surface area contributed by atoms with Crippen molar-refractivity contribution in [3.8, 4) is 5.75 Å². The highest BCUT2D eigenvalue weighted by molar-refractivity contribution is 7.89. The van der Waals surface area contributed by atoms with Crippen molar-refractivity contribution in [2.45, 2.75) is 43.3 Å². The molecule has 3 heterocycles. The summed E-state index contributed by atoms with van der Waals surface area (Å²) in [6.07, 6.45) is 2.83. The van der Waals surface area contributed by atoms with E-state index in [2.05, 4.69) is 9.71 Å². The van der Waals surface area contributed by atoms with Crippen LogP contribution in [0.25, 0.3) is 0 Å². The van der Waals surface area contributed by atoms with Gasteiger partial charge < -0.3 is 14.4 Å². The fraction of sp³-hybridized carbons (Fsp3) is 0.600. The zero-order valence-electron chi connectivity index (χ0n) is 13.9. The second kappa shape index (κ2) is 5.59. The van der Waals surface area contributed by atoms with E-state index in [1.54, 1.807) is 25.7 Å². The van der Waals surface area contributed by atoms with Gasteiger partial charge in [0.05, 0.1) is 19.3 Å². The maximum atomic E-state index is 12.3. The van der Waals surface area contributed by atoms with Crippen LogP contribution in [0.15, 0.2) is 23.4 Å². The average Bonchev–Trinajstić information content (AvgIpc) is 2.84. The average molecular weight is 355 g/mol. The van der Waals surface area contributed by atoms with Gasteiger partial charge in [-0.15, -0.1) is 0 Å². The van der Waals surface area contributed by atoms with Gasteiger partial charge in [-0.05, 0) is 26.8 Å². The summed E-state index contributed by atoms with van der Waals surface area (Å²) >= 11 is 0. The van der Waals surface area contributed by atoms with Gasteiger partial charge in [0.1, 0.15) is 21.8 Å². The predicted octanol–water partition coefficient (Wildman–Crippen LogP) is 1.13.